The van der Waals surface area contributed by atoms with Gasteiger partial charge in [0.25, 0.3) is 0 Å². The van der Waals surface area contributed by atoms with Gasteiger partial charge < -0.3 is 15.4 Å². The Morgan fingerprint density at radius 1 is 1.43 bits per heavy atom. The minimum Gasteiger partial charge on any atom is -0.380 e. The Balaban J connectivity index is 1.95. The van der Waals surface area contributed by atoms with Crippen LogP contribution in [-0.4, -0.2) is 46.0 Å². The molecular weight excluding hydrogens is 272 g/mol. The molecule has 0 unspecified atom stereocenters. The standard InChI is InChI=1S/C13H18N6O2/c1-3-21-8-7-14-13(20)15-11-5-4-6-12(9-11)19-10(2)16-17-18-19/h4-6,9H,3,7-8H2,1-2H3,(H2,14,15,20). The second-order valence-corrected chi connectivity index (χ2v) is 4.27. The number of nitrogens with one attached hydrogen (secondary N) is 2. The van der Waals surface area contributed by atoms with E-state index in [0.29, 0.717) is 31.3 Å². The van der Waals surface area contributed by atoms with Gasteiger partial charge in [-0.05, 0) is 42.5 Å². The summed E-state index contributed by atoms with van der Waals surface area (Å²) in [6.07, 6.45) is 0. The number of aryl methyl sites for hydroxylation is 1. The summed E-state index contributed by atoms with van der Waals surface area (Å²) in [6, 6.07) is 7.00. The first-order valence-corrected chi connectivity index (χ1v) is 6.68. The number of benzene rings is 1. The number of carbonyl (C=O) groups is 1. The molecular formula is C13H18N6O2. The van der Waals surface area contributed by atoms with Crippen molar-refractivity contribution in [3.8, 4) is 5.69 Å². The SMILES string of the molecule is CCOCCNC(=O)Nc1cccc(-n2nnnc2C)c1. The number of rotatable bonds is 6. The van der Waals surface area contributed by atoms with E-state index in [0.717, 1.165) is 5.69 Å². The maximum Gasteiger partial charge on any atom is 0.319 e. The third-order valence-electron chi connectivity index (χ3n) is 2.71. The number of hydrogen-bond acceptors (Lipinski definition) is 5. The lowest BCUT2D eigenvalue weighted by Crippen LogP contribution is -2.31. The summed E-state index contributed by atoms with van der Waals surface area (Å²) in [6.45, 7) is 5.31. The van der Waals surface area contributed by atoms with Crippen LogP contribution in [0.5, 0.6) is 0 Å². The third-order valence-corrected chi connectivity index (χ3v) is 2.71. The minimum absolute atomic E-state index is 0.278. The molecule has 0 saturated heterocycles. The van der Waals surface area contributed by atoms with Crippen LogP contribution in [0.15, 0.2) is 24.3 Å². The Morgan fingerprint density at radius 3 is 3.00 bits per heavy atom. The molecule has 2 amide bonds. The van der Waals surface area contributed by atoms with Crippen LogP contribution in [0.4, 0.5) is 10.5 Å². The van der Waals surface area contributed by atoms with E-state index >= 15 is 0 Å². The van der Waals surface area contributed by atoms with Crippen LogP contribution in [0.1, 0.15) is 12.7 Å². The van der Waals surface area contributed by atoms with Gasteiger partial charge in [0.2, 0.25) is 0 Å². The molecule has 1 aromatic heterocycles. The van der Waals surface area contributed by atoms with Crippen molar-refractivity contribution in [2.45, 2.75) is 13.8 Å². The van der Waals surface area contributed by atoms with Crippen molar-refractivity contribution in [3.63, 3.8) is 0 Å². The van der Waals surface area contributed by atoms with E-state index in [2.05, 4.69) is 26.2 Å². The quantitative estimate of drug-likeness (QED) is 0.778. The van der Waals surface area contributed by atoms with Gasteiger partial charge in [0.15, 0.2) is 5.82 Å². The molecule has 8 nitrogen and oxygen atoms in total. The Kier molecular flexibility index (Phi) is 5.22. The predicted molar refractivity (Wildman–Crippen MR) is 77.4 cm³/mol. The number of ether oxygens (including phenoxy) is 1. The van der Waals surface area contributed by atoms with E-state index in [1.165, 1.54) is 0 Å². The van der Waals surface area contributed by atoms with Crippen molar-refractivity contribution in [1.82, 2.24) is 25.5 Å². The fourth-order valence-electron chi connectivity index (χ4n) is 1.74. The minimum atomic E-state index is -0.278. The average molecular weight is 290 g/mol. The summed E-state index contributed by atoms with van der Waals surface area (Å²) in [5.41, 5.74) is 1.45. The van der Waals surface area contributed by atoms with Crippen LogP contribution in [0.3, 0.4) is 0 Å². The smallest absolute Gasteiger partial charge is 0.319 e. The van der Waals surface area contributed by atoms with Crippen molar-refractivity contribution in [2.75, 3.05) is 25.1 Å². The fourth-order valence-corrected chi connectivity index (χ4v) is 1.74. The van der Waals surface area contributed by atoms with E-state index in [1.807, 2.05) is 19.1 Å². The number of aromatic nitrogens is 4. The fraction of sp³-hybridized carbons (Fsp3) is 0.385. The van der Waals surface area contributed by atoms with Crippen molar-refractivity contribution >= 4 is 11.7 Å². The van der Waals surface area contributed by atoms with Gasteiger partial charge in [0.05, 0.1) is 12.3 Å². The zero-order valence-corrected chi connectivity index (χ0v) is 12.0. The molecule has 0 atom stereocenters. The van der Waals surface area contributed by atoms with Crippen molar-refractivity contribution in [2.24, 2.45) is 0 Å². The Hall–Kier alpha value is -2.48. The second kappa shape index (κ2) is 7.34. The van der Waals surface area contributed by atoms with Crippen LogP contribution >= 0.6 is 0 Å². The van der Waals surface area contributed by atoms with E-state index in [4.69, 9.17) is 4.74 Å². The van der Waals surface area contributed by atoms with Crippen molar-refractivity contribution in [3.05, 3.63) is 30.1 Å². The molecule has 0 fully saturated rings. The van der Waals surface area contributed by atoms with Gasteiger partial charge in [-0.2, -0.15) is 4.68 Å². The molecule has 0 saturated carbocycles. The molecule has 112 valence electrons. The van der Waals surface area contributed by atoms with Gasteiger partial charge in [0, 0.05) is 18.8 Å². The molecule has 0 aliphatic carbocycles. The van der Waals surface area contributed by atoms with Crippen LogP contribution in [-0.2, 0) is 4.74 Å². The van der Waals surface area contributed by atoms with Crippen LogP contribution in [0.2, 0.25) is 0 Å². The number of anilines is 1. The second-order valence-electron chi connectivity index (χ2n) is 4.27. The summed E-state index contributed by atoms with van der Waals surface area (Å²) in [4.78, 5) is 11.7. The molecule has 0 spiro atoms. The zero-order valence-electron chi connectivity index (χ0n) is 12.0. The highest BCUT2D eigenvalue weighted by Crippen LogP contribution is 2.14. The lowest BCUT2D eigenvalue weighted by Gasteiger charge is -2.09. The number of carbonyl (C=O) groups excluding carboxylic acids is 1. The van der Waals surface area contributed by atoms with Crippen LogP contribution in [0.25, 0.3) is 5.69 Å². The Labute approximate surface area is 122 Å². The third kappa shape index (κ3) is 4.25. The summed E-state index contributed by atoms with van der Waals surface area (Å²) < 4.78 is 6.74. The molecule has 1 heterocycles. The summed E-state index contributed by atoms with van der Waals surface area (Å²) >= 11 is 0. The molecule has 2 aromatic rings. The molecule has 1 aromatic carbocycles. The average Bonchev–Trinajstić information content (AvgIpc) is 2.90. The summed E-state index contributed by atoms with van der Waals surface area (Å²) in [7, 11) is 0. The normalized spacial score (nSPS) is 10.4. The first-order valence-electron chi connectivity index (χ1n) is 6.68. The number of tetrazole rings is 1. The van der Waals surface area contributed by atoms with E-state index in [9.17, 15) is 4.79 Å². The van der Waals surface area contributed by atoms with Gasteiger partial charge in [-0.3, -0.25) is 0 Å². The van der Waals surface area contributed by atoms with Crippen molar-refractivity contribution < 1.29 is 9.53 Å². The molecule has 0 aliphatic heterocycles. The summed E-state index contributed by atoms with van der Waals surface area (Å²) in [5, 5.41) is 16.8. The van der Waals surface area contributed by atoms with E-state index < -0.39 is 0 Å². The maximum atomic E-state index is 11.7. The molecule has 21 heavy (non-hydrogen) atoms. The molecule has 0 bridgehead atoms. The van der Waals surface area contributed by atoms with Crippen molar-refractivity contribution in [1.29, 1.82) is 0 Å². The largest absolute Gasteiger partial charge is 0.380 e. The molecule has 2 N–H and O–H groups in total. The summed E-state index contributed by atoms with van der Waals surface area (Å²) in [5.74, 6) is 0.674. The number of nitrogens with zero attached hydrogens (tertiary/aromatic N) is 4. The highest BCUT2D eigenvalue weighted by Gasteiger charge is 2.06. The first kappa shape index (κ1) is 14.9. The Bertz CT molecular complexity index is 598. The van der Waals surface area contributed by atoms with Gasteiger partial charge in [-0.15, -0.1) is 5.10 Å². The molecule has 8 heteroatoms. The molecule has 0 aliphatic rings. The Morgan fingerprint density at radius 2 is 2.29 bits per heavy atom. The van der Waals surface area contributed by atoms with E-state index in [1.54, 1.807) is 23.7 Å². The lowest BCUT2D eigenvalue weighted by atomic mass is 10.3. The topological polar surface area (TPSA) is 94.0 Å². The maximum absolute atomic E-state index is 11.7. The van der Waals surface area contributed by atoms with E-state index in [-0.39, 0.29) is 6.03 Å². The highest BCUT2D eigenvalue weighted by atomic mass is 16.5. The molecule has 0 radical (unpaired) electrons. The number of amides is 2. The van der Waals surface area contributed by atoms with Gasteiger partial charge in [-0.25, -0.2) is 4.79 Å². The molecule has 2 rings (SSSR count). The van der Waals surface area contributed by atoms with Crippen LogP contribution in [0, 0.1) is 6.92 Å². The van der Waals surface area contributed by atoms with Gasteiger partial charge >= 0.3 is 6.03 Å². The number of hydrogen-bond donors (Lipinski definition) is 2. The lowest BCUT2D eigenvalue weighted by molar-refractivity contribution is 0.150. The van der Waals surface area contributed by atoms with Crippen LogP contribution < -0.4 is 10.6 Å². The van der Waals surface area contributed by atoms with Gasteiger partial charge in [-0.1, -0.05) is 6.07 Å². The number of urea groups is 1. The zero-order chi connectivity index (χ0) is 15.1. The predicted octanol–water partition coefficient (Wildman–Crippen LogP) is 1.13. The monoisotopic (exact) mass is 290 g/mol. The first-order chi connectivity index (χ1) is 10.2. The van der Waals surface area contributed by atoms with Gasteiger partial charge in [0.1, 0.15) is 0 Å². The highest BCUT2D eigenvalue weighted by molar-refractivity contribution is 5.89.